The first-order valence-electron chi connectivity index (χ1n) is 7.47. The molecule has 1 aliphatic carbocycles. The average molecular weight is 277 g/mol. The molecule has 0 aliphatic heterocycles. The maximum atomic E-state index is 11.3. The highest BCUT2D eigenvalue weighted by molar-refractivity contribution is 5.76. The van der Waals surface area contributed by atoms with E-state index >= 15 is 0 Å². The van der Waals surface area contributed by atoms with Gasteiger partial charge in [-0.3, -0.25) is 10.1 Å². The number of para-hydroxylation sites is 1. The van der Waals surface area contributed by atoms with E-state index in [0.717, 1.165) is 19.5 Å². The van der Waals surface area contributed by atoms with Gasteiger partial charge in [-0.05, 0) is 37.3 Å². The van der Waals surface area contributed by atoms with Crippen LogP contribution in [0, 0.1) is 16.0 Å². The summed E-state index contributed by atoms with van der Waals surface area (Å²) < 4.78 is 0. The van der Waals surface area contributed by atoms with Crippen molar-refractivity contribution in [3.63, 3.8) is 0 Å². The molecule has 5 nitrogen and oxygen atoms in total. The van der Waals surface area contributed by atoms with Gasteiger partial charge in [-0.15, -0.1) is 0 Å². The van der Waals surface area contributed by atoms with Crippen molar-refractivity contribution in [1.29, 1.82) is 0 Å². The van der Waals surface area contributed by atoms with Crippen LogP contribution in [0.15, 0.2) is 18.2 Å². The van der Waals surface area contributed by atoms with Crippen molar-refractivity contribution in [2.45, 2.75) is 39.0 Å². The molecule has 0 radical (unpaired) electrons. The lowest BCUT2D eigenvalue weighted by Gasteiger charge is -2.14. The van der Waals surface area contributed by atoms with E-state index in [1.54, 1.807) is 12.1 Å². The molecule has 0 saturated heterocycles. The van der Waals surface area contributed by atoms with Gasteiger partial charge in [-0.2, -0.15) is 0 Å². The van der Waals surface area contributed by atoms with Crippen LogP contribution in [0.25, 0.3) is 0 Å². The lowest BCUT2D eigenvalue weighted by molar-refractivity contribution is -0.383. The van der Waals surface area contributed by atoms with E-state index in [1.165, 1.54) is 25.7 Å². The normalized spacial score (nSPS) is 15.2. The highest BCUT2D eigenvalue weighted by Gasteiger charge is 2.21. The molecule has 110 valence electrons. The van der Waals surface area contributed by atoms with Crippen LogP contribution in [0.4, 0.5) is 17.1 Å². The lowest BCUT2D eigenvalue weighted by Crippen LogP contribution is -2.13. The molecule has 0 amide bonds. The highest BCUT2D eigenvalue weighted by atomic mass is 16.6. The largest absolute Gasteiger partial charge is 0.379 e. The Morgan fingerprint density at radius 1 is 1.25 bits per heavy atom. The molecule has 0 unspecified atom stereocenters. The number of nitrogens with one attached hydrogen (secondary N) is 2. The predicted molar refractivity (Wildman–Crippen MR) is 82.3 cm³/mol. The summed E-state index contributed by atoms with van der Waals surface area (Å²) in [4.78, 5) is 11.0. The molecule has 1 aromatic carbocycles. The van der Waals surface area contributed by atoms with Crippen LogP contribution in [0.2, 0.25) is 0 Å². The van der Waals surface area contributed by atoms with E-state index < -0.39 is 0 Å². The Morgan fingerprint density at radius 3 is 2.50 bits per heavy atom. The number of hydrogen-bond acceptors (Lipinski definition) is 4. The topological polar surface area (TPSA) is 67.2 Å². The van der Waals surface area contributed by atoms with Crippen LogP contribution in [-0.2, 0) is 0 Å². The van der Waals surface area contributed by atoms with Gasteiger partial charge in [0, 0.05) is 13.1 Å². The second-order valence-corrected chi connectivity index (χ2v) is 5.42. The van der Waals surface area contributed by atoms with E-state index in [4.69, 9.17) is 0 Å². The van der Waals surface area contributed by atoms with Crippen molar-refractivity contribution < 1.29 is 4.92 Å². The Hall–Kier alpha value is -1.78. The summed E-state index contributed by atoms with van der Waals surface area (Å²) in [5.74, 6) is 0.655. The summed E-state index contributed by atoms with van der Waals surface area (Å²) in [5.41, 5.74) is 1.40. The van der Waals surface area contributed by atoms with E-state index in [9.17, 15) is 10.1 Å². The van der Waals surface area contributed by atoms with Gasteiger partial charge in [0.1, 0.15) is 11.4 Å². The van der Waals surface area contributed by atoms with Crippen LogP contribution in [-0.4, -0.2) is 18.0 Å². The minimum atomic E-state index is -0.297. The summed E-state index contributed by atoms with van der Waals surface area (Å²) >= 11 is 0. The van der Waals surface area contributed by atoms with Crippen molar-refractivity contribution in [1.82, 2.24) is 0 Å². The quantitative estimate of drug-likeness (QED) is 0.583. The molecular weight excluding hydrogens is 254 g/mol. The highest BCUT2D eigenvalue weighted by Crippen LogP contribution is 2.34. The van der Waals surface area contributed by atoms with Gasteiger partial charge in [-0.1, -0.05) is 25.8 Å². The summed E-state index contributed by atoms with van der Waals surface area (Å²) in [6, 6.07) is 5.43. The van der Waals surface area contributed by atoms with Gasteiger partial charge < -0.3 is 10.6 Å². The van der Waals surface area contributed by atoms with E-state index in [1.807, 2.05) is 13.0 Å². The Kier molecular flexibility index (Phi) is 5.21. The fraction of sp³-hybridized carbons (Fsp3) is 0.600. The Balaban J connectivity index is 2.11. The number of hydrogen-bond donors (Lipinski definition) is 2. The monoisotopic (exact) mass is 277 g/mol. The zero-order chi connectivity index (χ0) is 14.4. The third kappa shape index (κ3) is 3.62. The van der Waals surface area contributed by atoms with Crippen LogP contribution >= 0.6 is 0 Å². The molecule has 1 saturated carbocycles. The summed E-state index contributed by atoms with van der Waals surface area (Å²) in [6.45, 7) is 3.62. The zero-order valence-corrected chi connectivity index (χ0v) is 12.0. The average Bonchev–Trinajstić information content (AvgIpc) is 2.95. The molecule has 0 aromatic heterocycles. The summed E-state index contributed by atoms with van der Waals surface area (Å²) in [7, 11) is 0. The lowest BCUT2D eigenvalue weighted by atomic mass is 10.1. The third-order valence-corrected chi connectivity index (χ3v) is 3.84. The van der Waals surface area contributed by atoms with E-state index in [0.29, 0.717) is 17.3 Å². The number of nitro benzene ring substituents is 1. The number of nitrogens with zero attached hydrogens (tertiary/aromatic N) is 1. The van der Waals surface area contributed by atoms with Crippen LogP contribution in [0.1, 0.15) is 39.0 Å². The SMILES string of the molecule is CCCNc1cccc(NCC2CCCC2)c1[N+](=O)[O-]. The zero-order valence-electron chi connectivity index (χ0n) is 12.0. The van der Waals surface area contributed by atoms with Crippen molar-refractivity contribution in [2.75, 3.05) is 23.7 Å². The molecule has 1 aromatic rings. The van der Waals surface area contributed by atoms with Gasteiger partial charge in [0.25, 0.3) is 0 Å². The van der Waals surface area contributed by atoms with Gasteiger partial charge in [0.15, 0.2) is 0 Å². The minimum absolute atomic E-state index is 0.166. The second-order valence-electron chi connectivity index (χ2n) is 5.42. The maximum absolute atomic E-state index is 11.3. The van der Waals surface area contributed by atoms with Gasteiger partial charge in [-0.25, -0.2) is 0 Å². The Morgan fingerprint density at radius 2 is 1.90 bits per heavy atom. The van der Waals surface area contributed by atoms with Crippen LogP contribution in [0.5, 0.6) is 0 Å². The number of benzene rings is 1. The molecule has 0 bridgehead atoms. The Bertz CT molecular complexity index is 456. The first kappa shape index (κ1) is 14.6. The maximum Gasteiger partial charge on any atom is 0.315 e. The molecule has 1 aliphatic rings. The van der Waals surface area contributed by atoms with E-state index in [2.05, 4.69) is 10.6 Å². The second kappa shape index (κ2) is 7.12. The van der Waals surface area contributed by atoms with Gasteiger partial charge >= 0.3 is 5.69 Å². The molecule has 2 rings (SSSR count). The molecule has 5 heteroatoms. The molecule has 0 heterocycles. The van der Waals surface area contributed by atoms with Crippen LogP contribution < -0.4 is 10.6 Å². The molecule has 0 spiro atoms. The molecule has 2 N–H and O–H groups in total. The summed E-state index contributed by atoms with van der Waals surface area (Å²) in [6.07, 6.45) is 5.97. The fourth-order valence-electron chi connectivity index (χ4n) is 2.75. The van der Waals surface area contributed by atoms with Gasteiger partial charge in [0.05, 0.1) is 4.92 Å². The number of nitro groups is 1. The van der Waals surface area contributed by atoms with E-state index in [-0.39, 0.29) is 10.6 Å². The summed E-state index contributed by atoms with van der Waals surface area (Å²) in [5, 5.41) is 17.7. The molecule has 0 atom stereocenters. The van der Waals surface area contributed by atoms with Crippen molar-refractivity contribution in [2.24, 2.45) is 5.92 Å². The smallest absolute Gasteiger partial charge is 0.315 e. The third-order valence-electron chi connectivity index (χ3n) is 3.84. The van der Waals surface area contributed by atoms with Crippen molar-refractivity contribution in [3.8, 4) is 0 Å². The molecular formula is C15H23N3O2. The predicted octanol–water partition coefficient (Wildman–Crippen LogP) is 4.02. The Labute approximate surface area is 119 Å². The number of anilines is 2. The number of rotatable bonds is 7. The standard InChI is InChI=1S/C15H23N3O2/c1-2-10-16-13-8-5-9-14(15(13)18(19)20)17-11-12-6-3-4-7-12/h5,8-9,12,16-17H,2-4,6-7,10-11H2,1H3. The minimum Gasteiger partial charge on any atom is -0.379 e. The molecule has 20 heavy (non-hydrogen) atoms. The fourth-order valence-corrected chi connectivity index (χ4v) is 2.75. The first-order chi connectivity index (χ1) is 9.72. The van der Waals surface area contributed by atoms with Crippen LogP contribution in [0.3, 0.4) is 0 Å². The van der Waals surface area contributed by atoms with Crippen molar-refractivity contribution >= 4 is 17.1 Å². The van der Waals surface area contributed by atoms with Gasteiger partial charge in [0.2, 0.25) is 0 Å². The van der Waals surface area contributed by atoms with Crippen molar-refractivity contribution in [3.05, 3.63) is 28.3 Å². The molecule has 1 fully saturated rings. The first-order valence-corrected chi connectivity index (χ1v) is 7.47.